The summed E-state index contributed by atoms with van der Waals surface area (Å²) in [6.07, 6.45) is 1.95. The Labute approximate surface area is 405 Å². The highest BCUT2D eigenvalue weighted by molar-refractivity contribution is 6.14. The molecule has 0 fully saturated rings. The zero-order chi connectivity index (χ0) is 47.8. The van der Waals surface area contributed by atoms with Crippen LogP contribution in [0.2, 0.25) is 0 Å². The molecule has 11 aromatic rings. The molecule has 1 N–H and O–H groups in total. The maximum absolute atomic E-state index is 12.3. The second-order valence-electron chi connectivity index (χ2n) is 20.6. The van der Waals surface area contributed by atoms with Gasteiger partial charge in [0.15, 0.2) is 0 Å². The van der Waals surface area contributed by atoms with Crippen LogP contribution in [0.3, 0.4) is 0 Å². The van der Waals surface area contributed by atoms with Gasteiger partial charge in [0.25, 0.3) is 0 Å². The number of aromatic nitrogens is 4. The van der Waals surface area contributed by atoms with Gasteiger partial charge < -0.3 is 9.67 Å². The number of hydrogen-bond acceptors (Lipinski definition) is 3. The number of imidazole rings is 1. The predicted octanol–water partition coefficient (Wildman–Crippen LogP) is 16.8. The van der Waals surface area contributed by atoms with Crippen molar-refractivity contribution in [2.24, 2.45) is 0 Å². The highest BCUT2D eigenvalue weighted by atomic mass is 16.3. The molecule has 5 nitrogen and oxygen atoms in total. The molecular weight excluding hydrogens is 841 g/mol. The summed E-state index contributed by atoms with van der Waals surface area (Å²) in [7, 11) is 0. The second-order valence-corrected chi connectivity index (χ2v) is 20.6. The number of fused-ring (bicyclic) bond motifs is 4. The van der Waals surface area contributed by atoms with Gasteiger partial charge in [0, 0.05) is 50.6 Å². The van der Waals surface area contributed by atoms with Gasteiger partial charge in [-0.1, -0.05) is 151 Å². The van der Waals surface area contributed by atoms with E-state index in [0.29, 0.717) is 11.4 Å². The van der Waals surface area contributed by atoms with Crippen molar-refractivity contribution in [2.75, 3.05) is 0 Å². The third-order valence-electron chi connectivity index (χ3n) is 13.8. The van der Waals surface area contributed by atoms with E-state index in [1.165, 1.54) is 33.0 Å². The van der Waals surface area contributed by atoms with Crippen LogP contribution in [0.4, 0.5) is 0 Å². The van der Waals surface area contributed by atoms with E-state index in [0.717, 1.165) is 78.1 Å². The summed E-state index contributed by atoms with van der Waals surface area (Å²) in [5, 5.41) is 14.8. The third kappa shape index (κ3) is 7.59. The van der Waals surface area contributed by atoms with Crippen molar-refractivity contribution in [3.8, 4) is 73.2 Å². The van der Waals surface area contributed by atoms with Crippen LogP contribution in [0.1, 0.15) is 63.8 Å². The van der Waals surface area contributed by atoms with E-state index >= 15 is 0 Å². The number of rotatable bonds is 7. The maximum Gasteiger partial charge on any atom is 0.149 e. The third-order valence-corrected chi connectivity index (χ3v) is 13.8. The number of para-hydroxylation sites is 5. The molecule has 0 saturated heterocycles. The van der Waals surface area contributed by atoms with E-state index in [1.807, 2.05) is 12.3 Å². The highest BCUT2D eigenvalue weighted by Gasteiger charge is 2.29. The Morgan fingerprint density at radius 1 is 0.464 bits per heavy atom. The van der Waals surface area contributed by atoms with Crippen LogP contribution in [0.15, 0.2) is 188 Å². The summed E-state index contributed by atoms with van der Waals surface area (Å²) in [6.45, 7) is 17.5. The normalized spacial score (nSPS) is 12.1. The van der Waals surface area contributed by atoms with Crippen molar-refractivity contribution in [3.63, 3.8) is 0 Å². The molecule has 0 atom stereocenters. The van der Waals surface area contributed by atoms with E-state index in [-0.39, 0.29) is 16.6 Å². The average Bonchev–Trinajstić information content (AvgIpc) is 3.90. The van der Waals surface area contributed by atoms with Crippen molar-refractivity contribution in [1.29, 1.82) is 0 Å². The number of benzene rings is 8. The molecule has 0 saturated carbocycles. The molecule has 8 aromatic carbocycles. The second kappa shape index (κ2) is 16.6. The van der Waals surface area contributed by atoms with Gasteiger partial charge in [0.05, 0.1) is 33.3 Å². The van der Waals surface area contributed by atoms with Gasteiger partial charge in [-0.25, -0.2) is 4.98 Å². The number of aryl methyl sites for hydroxylation is 2. The van der Waals surface area contributed by atoms with Crippen LogP contribution in [-0.4, -0.2) is 24.2 Å². The van der Waals surface area contributed by atoms with Crippen molar-refractivity contribution < 1.29 is 5.11 Å². The molecule has 0 aliphatic heterocycles. The largest absolute Gasteiger partial charge is 0.507 e. The fourth-order valence-corrected chi connectivity index (χ4v) is 10.4. The molecule has 0 amide bonds. The molecule has 0 spiro atoms. The van der Waals surface area contributed by atoms with Crippen LogP contribution in [0, 0.1) is 13.8 Å². The van der Waals surface area contributed by atoms with Crippen molar-refractivity contribution in [3.05, 3.63) is 210 Å². The lowest BCUT2D eigenvalue weighted by atomic mass is 9.79. The minimum atomic E-state index is -0.308. The van der Waals surface area contributed by atoms with Crippen LogP contribution in [0.5, 0.6) is 5.75 Å². The molecule has 69 heavy (non-hydrogen) atoms. The molecular formula is C64H56N4O. The fourth-order valence-electron chi connectivity index (χ4n) is 10.4. The van der Waals surface area contributed by atoms with Crippen molar-refractivity contribution in [1.82, 2.24) is 19.1 Å². The zero-order valence-electron chi connectivity index (χ0n) is 40.6. The zero-order valence-corrected chi connectivity index (χ0v) is 40.6. The lowest BCUT2D eigenvalue weighted by Crippen LogP contribution is -2.17. The Morgan fingerprint density at radius 3 is 1.77 bits per heavy atom. The topological polar surface area (TPSA) is 55.9 Å². The molecule has 0 unspecified atom stereocenters. The van der Waals surface area contributed by atoms with Gasteiger partial charge in [0.2, 0.25) is 0 Å². The molecule has 338 valence electrons. The highest BCUT2D eigenvalue weighted by Crippen LogP contribution is 2.46. The number of phenolic OH excluding ortho intramolecular Hbond substituents is 1. The summed E-state index contributed by atoms with van der Waals surface area (Å²) in [4.78, 5) is 10.7. The summed E-state index contributed by atoms with van der Waals surface area (Å²) < 4.78 is 4.61. The molecule has 11 rings (SSSR count). The van der Waals surface area contributed by atoms with Gasteiger partial charge in [-0.05, 0) is 136 Å². The van der Waals surface area contributed by atoms with Gasteiger partial charge >= 0.3 is 0 Å². The van der Waals surface area contributed by atoms with E-state index in [2.05, 4.69) is 240 Å². The summed E-state index contributed by atoms with van der Waals surface area (Å²) in [5.74, 6) is 0.954. The number of pyridine rings is 1. The van der Waals surface area contributed by atoms with Crippen LogP contribution >= 0.6 is 0 Å². The van der Waals surface area contributed by atoms with Gasteiger partial charge in [-0.2, -0.15) is 0 Å². The molecule has 0 radical (unpaired) electrons. The molecule has 0 aliphatic carbocycles. The Kier molecular flexibility index (Phi) is 10.5. The molecule has 0 bridgehead atoms. The van der Waals surface area contributed by atoms with Gasteiger partial charge in [-0.15, -0.1) is 0 Å². The van der Waals surface area contributed by atoms with E-state index in [9.17, 15) is 5.11 Å². The lowest BCUT2D eigenvalue weighted by Gasteiger charge is -2.27. The van der Waals surface area contributed by atoms with Crippen molar-refractivity contribution >= 4 is 32.8 Å². The number of phenols is 1. The molecule has 0 aliphatic rings. The van der Waals surface area contributed by atoms with Gasteiger partial charge in [0.1, 0.15) is 11.6 Å². The van der Waals surface area contributed by atoms with Crippen molar-refractivity contribution in [2.45, 2.75) is 66.2 Å². The Morgan fingerprint density at radius 2 is 1.06 bits per heavy atom. The Balaban J connectivity index is 1.15. The smallest absolute Gasteiger partial charge is 0.149 e. The molecule has 5 heteroatoms. The van der Waals surface area contributed by atoms with Crippen LogP contribution < -0.4 is 0 Å². The lowest BCUT2D eigenvalue weighted by molar-refractivity contribution is 0.446. The van der Waals surface area contributed by atoms with Crippen LogP contribution in [0.25, 0.3) is 100 Å². The molecule has 3 heterocycles. The standard InChI is InChI=1S/C64H56N4O/c1-40-20-17-21-41(2)58(40)45-35-43(34-44(36-45)55-37-42(32-33-65-55)50-28-18-29-52-51-26-15-16-30-56(51)67(60(50)52)47-22-11-9-12-23-47)49-27-19-31-57-59(49)66-62(68(57)48-24-13-10-14-25-48)53-38-46(63(3,4)5)39-54(61(53)69)64(6,7)8/h9-39,69H,1-8H3. The minimum Gasteiger partial charge on any atom is -0.507 e. The fraction of sp³-hybridized carbons (Fsp3) is 0.156. The first-order valence-corrected chi connectivity index (χ1v) is 24.0. The summed E-state index contributed by atoms with van der Waals surface area (Å²) >= 11 is 0. The number of hydrogen-bond donors (Lipinski definition) is 1. The summed E-state index contributed by atoms with van der Waals surface area (Å²) in [6, 6.07) is 64.9. The average molecular weight is 897 g/mol. The monoisotopic (exact) mass is 896 g/mol. The first-order chi connectivity index (χ1) is 33.2. The number of aromatic hydroxyl groups is 1. The Bertz CT molecular complexity index is 3750. The molecule has 3 aromatic heterocycles. The Hall–Kier alpha value is -8.02. The van der Waals surface area contributed by atoms with E-state index < -0.39 is 0 Å². The van der Waals surface area contributed by atoms with E-state index in [1.54, 1.807) is 0 Å². The first kappa shape index (κ1) is 43.5. The quantitative estimate of drug-likeness (QED) is 0.173. The summed E-state index contributed by atoms with van der Waals surface area (Å²) in [5.41, 5.74) is 19.4. The SMILES string of the molecule is Cc1cccc(C)c1-c1cc(-c2cc(-c3cccc4c5ccccc5n(-c5ccccc5)c34)ccn2)cc(-c2cccc3c2nc(-c2cc(C(C)(C)C)cc(C(C)(C)C)c2O)n3-c2ccccc2)c1. The van der Waals surface area contributed by atoms with Crippen LogP contribution in [-0.2, 0) is 10.8 Å². The minimum absolute atomic E-state index is 0.167. The first-order valence-electron chi connectivity index (χ1n) is 24.0. The maximum atomic E-state index is 12.3. The van der Waals surface area contributed by atoms with Gasteiger partial charge in [-0.3, -0.25) is 9.55 Å². The number of nitrogens with zero attached hydrogens (tertiary/aromatic N) is 4. The van der Waals surface area contributed by atoms with E-state index in [4.69, 9.17) is 9.97 Å². The predicted molar refractivity (Wildman–Crippen MR) is 289 cm³/mol.